The van der Waals surface area contributed by atoms with Gasteiger partial charge in [-0.3, -0.25) is 9.69 Å². The molecule has 0 radical (unpaired) electrons. The summed E-state index contributed by atoms with van der Waals surface area (Å²) < 4.78 is 0. The Balaban J connectivity index is 1.97. The Hall–Kier alpha value is -1.73. The van der Waals surface area contributed by atoms with Gasteiger partial charge in [-0.15, -0.1) is 0 Å². The quantitative estimate of drug-likeness (QED) is 0.784. The second-order valence-electron chi connectivity index (χ2n) is 4.75. The molecule has 2 N–H and O–H groups in total. The molecule has 1 amide bonds. The third-order valence-corrected chi connectivity index (χ3v) is 3.42. The first-order chi connectivity index (χ1) is 9.74. The van der Waals surface area contributed by atoms with Crippen molar-refractivity contribution in [3.63, 3.8) is 0 Å². The summed E-state index contributed by atoms with van der Waals surface area (Å²) in [4.78, 5) is 24.6. The van der Waals surface area contributed by atoms with Crippen LogP contribution in [0.1, 0.15) is 16.9 Å². The highest BCUT2D eigenvalue weighted by Gasteiger charge is 2.21. The number of aliphatic hydroxyl groups excluding tert-OH is 1. The van der Waals surface area contributed by atoms with Gasteiger partial charge in [-0.1, -0.05) is 0 Å². The van der Waals surface area contributed by atoms with Gasteiger partial charge in [0.25, 0.3) is 5.91 Å². The third kappa shape index (κ3) is 3.64. The van der Waals surface area contributed by atoms with Crippen molar-refractivity contribution in [2.45, 2.75) is 6.42 Å². The van der Waals surface area contributed by atoms with E-state index in [4.69, 9.17) is 5.11 Å². The second-order valence-corrected chi connectivity index (χ2v) is 4.75. The van der Waals surface area contributed by atoms with E-state index in [0.717, 1.165) is 26.1 Å². The zero-order valence-electron chi connectivity index (χ0n) is 11.7. The molecule has 0 unspecified atom stereocenters. The number of amides is 1. The summed E-state index contributed by atoms with van der Waals surface area (Å²) in [7, 11) is 1.76. The van der Waals surface area contributed by atoms with Crippen molar-refractivity contribution in [3.05, 3.63) is 18.1 Å². The van der Waals surface area contributed by atoms with Crippen LogP contribution in [0.2, 0.25) is 0 Å². The van der Waals surface area contributed by atoms with Gasteiger partial charge >= 0.3 is 0 Å². The molecular formula is C13H21N5O2. The lowest BCUT2D eigenvalue weighted by molar-refractivity contribution is 0.0754. The number of carbonyl (C=O) groups excluding carboxylic acids is 1. The van der Waals surface area contributed by atoms with Crippen LogP contribution < -0.4 is 5.32 Å². The third-order valence-electron chi connectivity index (χ3n) is 3.42. The van der Waals surface area contributed by atoms with Crippen LogP contribution in [0.5, 0.6) is 0 Å². The number of aliphatic hydroxyl groups is 1. The number of hydrogen-bond donors (Lipinski definition) is 2. The molecule has 0 atom stereocenters. The molecule has 110 valence electrons. The molecule has 1 saturated heterocycles. The van der Waals surface area contributed by atoms with Gasteiger partial charge in [0.2, 0.25) is 0 Å². The molecule has 20 heavy (non-hydrogen) atoms. The molecule has 0 bridgehead atoms. The average molecular weight is 279 g/mol. The first kappa shape index (κ1) is 14.7. The van der Waals surface area contributed by atoms with E-state index >= 15 is 0 Å². The smallest absolute Gasteiger partial charge is 0.274 e. The van der Waals surface area contributed by atoms with E-state index in [1.54, 1.807) is 18.1 Å². The minimum Gasteiger partial charge on any atom is -0.395 e. The molecule has 7 nitrogen and oxygen atoms in total. The van der Waals surface area contributed by atoms with Crippen molar-refractivity contribution >= 4 is 11.7 Å². The van der Waals surface area contributed by atoms with Gasteiger partial charge in [-0.05, 0) is 13.0 Å². The van der Waals surface area contributed by atoms with E-state index in [9.17, 15) is 4.79 Å². The van der Waals surface area contributed by atoms with Crippen molar-refractivity contribution in [2.75, 3.05) is 51.7 Å². The Labute approximate surface area is 118 Å². The lowest BCUT2D eigenvalue weighted by Crippen LogP contribution is -2.36. The van der Waals surface area contributed by atoms with E-state index in [2.05, 4.69) is 20.2 Å². The normalized spacial score (nSPS) is 16.8. The van der Waals surface area contributed by atoms with Crippen LogP contribution in [0.15, 0.2) is 12.4 Å². The minimum absolute atomic E-state index is 0.0778. The minimum atomic E-state index is -0.0778. The Morgan fingerprint density at radius 2 is 2.15 bits per heavy atom. The standard InChI is InChI=1S/C13H21N5O2/c1-14-12-10-15-11(9-16-12)13(20)18-4-2-3-17(5-6-18)7-8-19/h9-10,19H,2-8H2,1H3,(H,14,16). The molecule has 0 spiro atoms. The fourth-order valence-corrected chi connectivity index (χ4v) is 2.27. The van der Waals surface area contributed by atoms with Gasteiger partial charge in [-0.25, -0.2) is 9.97 Å². The molecule has 1 aliphatic rings. The lowest BCUT2D eigenvalue weighted by atomic mass is 10.3. The largest absolute Gasteiger partial charge is 0.395 e. The summed E-state index contributed by atoms with van der Waals surface area (Å²) in [6, 6.07) is 0. The van der Waals surface area contributed by atoms with Crippen LogP contribution in [-0.4, -0.2) is 77.2 Å². The number of rotatable bonds is 4. The van der Waals surface area contributed by atoms with Gasteiger partial charge in [0.15, 0.2) is 0 Å². The van der Waals surface area contributed by atoms with Gasteiger partial charge in [0, 0.05) is 33.2 Å². The molecule has 1 aromatic rings. The molecule has 0 saturated carbocycles. The number of carbonyl (C=O) groups is 1. The van der Waals surface area contributed by atoms with E-state index in [-0.39, 0.29) is 12.5 Å². The molecule has 2 rings (SSSR count). The van der Waals surface area contributed by atoms with Crippen molar-refractivity contribution in [3.8, 4) is 0 Å². The van der Waals surface area contributed by atoms with Crippen LogP contribution >= 0.6 is 0 Å². The SMILES string of the molecule is CNc1cnc(C(=O)N2CCCN(CCO)CC2)cn1. The Bertz CT molecular complexity index is 437. The maximum Gasteiger partial charge on any atom is 0.274 e. The maximum atomic E-state index is 12.4. The molecule has 1 aliphatic heterocycles. The number of nitrogens with one attached hydrogen (secondary N) is 1. The number of hydrogen-bond acceptors (Lipinski definition) is 6. The fourth-order valence-electron chi connectivity index (χ4n) is 2.27. The number of anilines is 1. The molecule has 1 fully saturated rings. The zero-order chi connectivity index (χ0) is 14.4. The van der Waals surface area contributed by atoms with E-state index < -0.39 is 0 Å². The van der Waals surface area contributed by atoms with Crippen LogP contribution in [-0.2, 0) is 0 Å². The molecule has 2 heterocycles. The Morgan fingerprint density at radius 3 is 2.80 bits per heavy atom. The predicted octanol–water partition coefficient (Wildman–Crippen LogP) is -0.341. The number of β-amino-alcohol motifs (C(OH)–C–C–N with tert-alkyl or cyclic N) is 1. The second kappa shape index (κ2) is 7.16. The number of aromatic nitrogens is 2. The number of nitrogens with zero attached hydrogens (tertiary/aromatic N) is 4. The van der Waals surface area contributed by atoms with Gasteiger partial charge < -0.3 is 15.3 Å². The fraction of sp³-hybridized carbons (Fsp3) is 0.615. The maximum absolute atomic E-state index is 12.4. The van der Waals surface area contributed by atoms with Crippen LogP contribution in [0.25, 0.3) is 0 Å². The first-order valence-corrected chi connectivity index (χ1v) is 6.87. The highest BCUT2D eigenvalue weighted by atomic mass is 16.3. The highest BCUT2D eigenvalue weighted by molar-refractivity contribution is 5.92. The van der Waals surface area contributed by atoms with Crippen molar-refractivity contribution in [1.82, 2.24) is 19.8 Å². The van der Waals surface area contributed by atoms with Crippen LogP contribution in [0, 0.1) is 0 Å². The molecule has 1 aromatic heterocycles. The zero-order valence-corrected chi connectivity index (χ0v) is 11.7. The topological polar surface area (TPSA) is 81.6 Å². The average Bonchev–Trinajstić information content (AvgIpc) is 2.73. The highest BCUT2D eigenvalue weighted by Crippen LogP contribution is 2.08. The Morgan fingerprint density at radius 1 is 1.30 bits per heavy atom. The van der Waals surface area contributed by atoms with Crippen molar-refractivity contribution in [2.24, 2.45) is 0 Å². The van der Waals surface area contributed by atoms with Crippen LogP contribution in [0.3, 0.4) is 0 Å². The van der Waals surface area contributed by atoms with Crippen LogP contribution in [0.4, 0.5) is 5.82 Å². The summed E-state index contributed by atoms with van der Waals surface area (Å²) in [6.45, 7) is 3.90. The van der Waals surface area contributed by atoms with Crippen molar-refractivity contribution < 1.29 is 9.90 Å². The van der Waals surface area contributed by atoms with Crippen molar-refractivity contribution in [1.29, 1.82) is 0 Å². The molecular weight excluding hydrogens is 258 g/mol. The summed E-state index contributed by atoms with van der Waals surface area (Å²) in [6.07, 6.45) is 3.97. The van der Waals surface area contributed by atoms with E-state index in [1.807, 2.05) is 0 Å². The summed E-state index contributed by atoms with van der Waals surface area (Å²) >= 11 is 0. The van der Waals surface area contributed by atoms with E-state index in [0.29, 0.717) is 24.6 Å². The summed E-state index contributed by atoms with van der Waals surface area (Å²) in [5, 5.41) is 11.8. The van der Waals surface area contributed by atoms with Gasteiger partial charge in [0.05, 0.1) is 19.0 Å². The molecule has 7 heteroatoms. The summed E-state index contributed by atoms with van der Waals surface area (Å²) in [5.41, 5.74) is 0.375. The molecule has 0 aliphatic carbocycles. The summed E-state index contributed by atoms with van der Waals surface area (Å²) in [5.74, 6) is 0.567. The predicted molar refractivity (Wildman–Crippen MR) is 75.6 cm³/mol. The lowest BCUT2D eigenvalue weighted by Gasteiger charge is -2.21. The van der Waals surface area contributed by atoms with E-state index in [1.165, 1.54) is 6.20 Å². The monoisotopic (exact) mass is 279 g/mol. The molecule has 0 aromatic carbocycles. The van der Waals surface area contributed by atoms with Gasteiger partial charge in [0.1, 0.15) is 11.5 Å². The van der Waals surface area contributed by atoms with Gasteiger partial charge in [-0.2, -0.15) is 0 Å². The first-order valence-electron chi connectivity index (χ1n) is 6.87. The Kier molecular flexibility index (Phi) is 5.25.